The lowest BCUT2D eigenvalue weighted by Crippen LogP contribution is -2.49. The van der Waals surface area contributed by atoms with E-state index < -0.39 is 0 Å². The predicted octanol–water partition coefficient (Wildman–Crippen LogP) is 5.89. The van der Waals surface area contributed by atoms with Crippen molar-refractivity contribution in [3.8, 4) is 11.5 Å². The molecule has 0 radical (unpaired) electrons. The molecular formula is C26H33N3O3. The Kier molecular flexibility index (Phi) is 6.88. The van der Waals surface area contributed by atoms with Gasteiger partial charge in [-0.15, -0.1) is 0 Å². The average molecular weight is 436 g/mol. The number of aromatic amines is 1. The summed E-state index contributed by atoms with van der Waals surface area (Å²) in [6.07, 6.45) is 6.23. The highest BCUT2D eigenvalue weighted by Crippen LogP contribution is 2.34. The third-order valence-electron chi connectivity index (χ3n) is 6.13. The quantitative estimate of drug-likeness (QED) is 0.427. The molecule has 1 aromatic heterocycles. The minimum Gasteiger partial charge on any atom is -0.493 e. The fourth-order valence-corrected chi connectivity index (χ4v) is 4.43. The molecule has 1 aliphatic rings. The van der Waals surface area contributed by atoms with Gasteiger partial charge in [0.25, 0.3) is 0 Å². The fourth-order valence-electron chi connectivity index (χ4n) is 4.43. The Morgan fingerprint density at radius 2 is 1.97 bits per heavy atom. The number of unbranched alkanes of at least 4 members (excludes halogenated alkanes) is 2. The maximum Gasteiger partial charge on any atom is 0.324 e. The minimum absolute atomic E-state index is 0.0311. The Morgan fingerprint density at radius 1 is 1.09 bits per heavy atom. The number of urea groups is 1. The number of anilines is 1. The molecule has 0 spiro atoms. The van der Waals surface area contributed by atoms with Gasteiger partial charge in [-0.25, -0.2) is 4.79 Å². The van der Waals surface area contributed by atoms with Crippen molar-refractivity contribution in [2.75, 3.05) is 31.7 Å². The molecule has 2 aromatic carbocycles. The molecule has 0 aliphatic carbocycles. The van der Waals surface area contributed by atoms with E-state index in [1.54, 1.807) is 7.11 Å². The molecule has 2 heterocycles. The van der Waals surface area contributed by atoms with Gasteiger partial charge in [-0.3, -0.25) is 4.90 Å². The van der Waals surface area contributed by atoms with Crippen LogP contribution in [0.3, 0.4) is 0 Å². The SMILES string of the molecule is CCCCCOc1cc(N2CCCN(Cc3cccc4[nH]cc(C)c34)C2=O)ccc1OC. The monoisotopic (exact) mass is 435 g/mol. The zero-order valence-corrected chi connectivity index (χ0v) is 19.3. The summed E-state index contributed by atoms with van der Waals surface area (Å²) in [4.78, 5) is 20.5. The van der Waals surface area contributed by atoms with E-state index in [9.17, 15) is 4.79 Å². The van der Waals surface area contributed by atoms with Crippen LogP contribution < -0.4 is 14.4 Å². The lowest BCUT2D eigenvalue weighted by molar-refractivity contribution is 0.192. The number of rotatable bonds is 9. The molecule has 1 N–H and O–H groups in total. The number of aryl methyl sites for hydroxylation is 1. The summed E-state index contributed by atoms with van der Waals surface area (Å²) < 4.78 is 11.5. The van der Waals surface area contributed by atoms with Crippen molar-refractivity contribution in [2.24, 2.45) is 0 Å². The van der Waals surface area contributed by atoms with Crippen LogP contribution in [0.2, 0.25) is 0 Å². The number of hydrogen-bond donors (Lipinski definition) is 1. The molecule has 0 atom stereocenters. The maximum absolute atomic E-state index is 13.4. The van der Waals surface area contributed by atoms with E-state index in [2.05, 4.69) is 31.0 Å². The van der Waals surface area contributed by atoms with E-state index in [0.29, 0.717) is 31.2 Å². The highest BCUT2D eigenvalue weighted by Gasteiger charge is 2.28. The van der Waals surface area contributed by atoms with Crippen LogP contribution in [0, 0.1) is 6.92 Å². The van der Waals surface area contributed by atoms with Crippen LogP contribution in [-0.4, -0.2) is 42.7 Å². The summed E-state index contributed by atoms with van der Waals surface area (Å²) >= 11 is 0. The summed E-state index contributed by atoms with van der Waals surface area (Å²) in [5.41, 5.74) is 4.34. The first-order valence-electron chi connectivity index (χ1n) is 11.5. The van der Waals surface area contributed by atoms with E-state index in [-0.39, 0.29) is 6.03 Å². The number of amides is 2. The summed E-state index contributed by atoms with van der Waals surface area (Å²) in [7, 11) is 1.64. The number of nitrogens with one attached hydrogen (secondary N) is 1. The van der Waals surface area contributed by atoms with Crippen LogP contribution in [0.1, 0.15) is 43.7 Å². The van der Waals surface area contributed by atoms with Gasteiger partial charge in [0.1, 0.15) is 0 Å². The molecule has 1 fully saturated rings. The van der Waals surface area contributed by atoms with Gasteiger partial charge < -0.3 is 19.4 Å². The van der Waals surface area contributed by atoms with Crippen LogP contribution in [0.4, 0.5) is 10.5 Å². The largest absolute Gasteiger partial charge is 0.493 e. The smallest absolute Gasteiger partial charge is 0.324 e. The number of hydrogen-bond acceptors (Lipinski definition) is 3. The molecule has 0 saturated carbocycles. The third kappa shape index (κ3) is 4.54. The summed E-state index contributed by atoms with van der Waals surface area (Å²) in [6.45, 7) is 6.98. The first-order valence-corrected chi connectivity index (χ1v) is 11.5. The average Bonchev–Trinajstić information content (AvgIpc) is 3.20. The second-order valence-corrected chi connectivity index (χ2v) is 8.41. The second-order valence-electron chi connectivity index (χ2n) is 8.41. The molecular weight excluding hydrogens is 402 g/mol. The predicted molar refractivity (Wildman–Crippen MR) is 129 cm³/mol. The minimum atomic E-state index is 0.0311. The summed E-state index contributed by atoms with van der Waals surface area (Å²) in [5, 5.41) is 1.21. The molecule has 6 nitrogen and oxygen atoms in total. The number of carbonyl (C=O) groups is 1. The Bertz CT molecular complexity index is 1080. The van der Waals surface area contributed by atoms with Gasteiger partial charge in [0, 0.05) is 48.5 Å². The molecule has 0 bridgehead atoms. The van der Waals surface area contributed by atoms with Crippen LogP contribution in [0.5, 0.6) is 11.5 Å². The zero-order chi connectivity index (χ0) is 22.5. The van der Waals surface area contributed by atoms with Crippen LogP contribution in [0.25, 0.3) is 10.9 Å². The van der Waals surface area contributed by atoms with Crippen molar-refractivity contribution in [2.45, 2.75) is 46.1 Å². The van der Waals surface area contributed by atoms with Gasteiger partial charge in [-0.05, 0) is 49.1 Å². The standard InChI is InChI=1S/C26H33N3O3/c1-4-5-6-15-32-24-16-21(11-12-23(24)31-3)29-14-8-13-28(26(29)30)18-20-9-7-10-22-25(20)19(2)17-27-22/h7,9-12,16-17,27H,4-6,8,13-15,18H2,1-3H3. The number of fused-ring (bicyclic) bond motifs is 1. The van der Waals surface area contributed by atoms with Gasteiger partial charge in [0.15, 0.2) is 11.5 Å². The van der Waals surface area contributed by atoms with E-state index in [4.69, 9.17) is 9.47 Å². The summed E-state index contributed by atoms with van der Waals surface area (Å²) in [5.74, 6) is 1.39. The Hall–Kier alpha value is -3.15. The van der Waals surface area contributed by atoms with Gasteiger partial charge in [0.05, 0.1) is 13.7 Å². The van der Waals surface area contributed by atoms with Gasteiger partial charge >= 0.3 is 6.03 Å². The Balaban J connectivity index is 1.53. The van der Waals surface area contributed by atoms with E-state index in [0.717, 1.165) is 43.4 Å². The van der Waals surface area contributed by atoms with Crippen molar-refractivity contribution in [1.82, 2.24) is 9.88 Å². The van der Waals surface area contributed by atoms with Crippen molar-refractivity contribution in [1.29, 1.82) is 0 Å². The highest BCUT2D eigenvalue weighted by atomic mass is 16.5. The van der Waals surface area contributed by atoms with Crippen molar-refractivity contribution in [3.05, 3.63) is 53.7 Å². The number of benzene rings is 2. The van der Waals surface area contributed by atoms with Crippen molar-refractivity contribution >= 4 is 22.6 Å². The van der Waals surface area contributed by atoms with Crippen LogP contribution in [-0.2, 0) is 6.54 Å². The molecule has 0 unspecified atom stereocenters. The maximum atomic E-state index is 13.4. The highest BCUT2D eigenvalue weighted by molar-refractivity contribution is 5.94. The third-order valence-corrected chi connectivity index (χ3v) is 6.13. The molecule has 6 heteroatoms. The molecule has 1 aliphatic heterocycles. The molecule has 3 aromatic rings. The number of nitrogens with zero attached hydrogens (tertiary/aromatic N) is 2. The molecule has 1 saturated heterocycles. The van der Waals surface area contributed by atoms with Crippen molar-refractivity contribution in [3.63, 3.8) is 0 Å². The molecule has 32 heavy (non-hydrogen) atoms. The normalized spacial score (nSPS) is 14.3. The van der Waals surface area contributed by atoms with Crippen LogP contribution >= 0.6 is 0 Å². The Morgan fingerprint density at radius 3 is 2.78 bits per heavy atom. The first-order chi connectivity index (χ1) is 15.6. The molecule has 4 rings (SSSR count). The fraction of sp³-hybridized carbons (Fsp3) is 0.423. The number of aromatic nitrogens is 1. The van der Waals surface area contributed by atoms with Crippen LogP contribution in [0.15, 0.2) is 42.6 Å². The lowest BCUT2D eigenvalue weighted by atomic mass is 10.1. The lowest BCUT2D eigenvalue weighted by Gasteiger charge is -2.36. The van der Waals surface area contributed by atoms with Gasteiger partial charge in [0.2, 0.25) is 0 Å². The molecule has 2 amide bonds. The van der Waals surface area contributed by atoms with Gasteiger partial charge in [-0.2, -0.15) is 0 Å². The summed E-state index contributed by atoms with van der Waals surface area (Å²) in [6, 6.07) is 12.0. The zero-order valence-electron chi connectivity index (χ0n) is 19.3. The topological polar surface area (TPSA) is 57.8 Å². The number of ether oxygens (including phenoxy) is 2. The molecule has 170 valence electrons. The number of H-pyrrole nitrogens is 1. The van der Waals surface area contributed by atoms with E-state index in [1.807, 2.05) is 40.3 Å². The van der Waals surface area contributed by atoms with E-state index in [1.165, 1.54) is 16.5 Å². The van der Waals surface area contributed by atoms with Gasteiger partial charge in [-0.1, -0.05) is 31.9 Å². The van der Waals surface area contributed by atoms with Crippen molar-refractivity contribution < 1.29 is 14.3 Å². The number of methoxy groups -OCH3 is 1. The second kappa shape index (κ2) is 9.98. The Labute approximate surface area is 190 Å². The number of carbonyl (C=O) groups excluding carboxylic acids is 1. The van der Waals surface area contributed by atoms with E-state index >= 15 is 0 Å². The first kappa shape index (κ1) is 22.1.